The topological polar surface area (TPSA) is 71.1 Å². The SMILES string of the molecule is C=C/C=C(\C=C)COC(=N)C(CC=C)NCC.CCN. The summed E-state index contributed by atoms with van der Waals surface area (Å²) in [6.07, 6.45) is 7.65. The summed E-state index contributed by atoms with van der Waals surface area (Å²) >= 11 is 0. The molecule has 20 heavy (non-hydrogen) atoms. The molecule has 0 radical (unpaired) electrons. The van der Waals surface area contributed by atoms with E-state index in [9.17, 15) is 0 Å². The molecule has 0 fully saturated rings. The molecule has 4 heteroatoms. The van der Waals surface area contributed by atoms with Gasteiger partial charge in [-0.3, -0.25) is 5.41 Å². The van der Waals surface area contributed by atoms with Crippen LogP contribution >= 0.6 is 0 Å². The second kappa shape index (κ2) is 15.4. The Bertz CT molecular complexity index is 322. The average molecular weight is 279 g/mol. The van der Waals surface area contributed by atoms with E-state index < -0.39 is 0 Å². The van der Waals surface area contributed by atoms with E-state index in [-0.39, 0.29) is 11.9 Å². The predicted octanol–water partition coefficient (Wildman–Crippen LogP) is 2.80. The fourth-order valence-electron chi connectivity index (χ4n) is 1.28. The molecule has 0 aliphatic rings. The molecule has 114 valence electrons. The molecule has 0 bridgehead atoms. The second-order valence-corrected chi connectivity index (χ2v) is 3.88. The van der Waals surface area contributed by atoms with Gasteiger partial charge < -0.3 is 15.8 Å². The van der Waals surface area contributed by atoms with Crippen LogP contribution in [-0.4, -0.2) is 31.6 Å². The Kier molecular flexibility index (Phi) is 15.9. The number of allylic oxidation sites excluding steroid dienone is 2. The summed E-state index contributed by atoms with van der Waals surface area (Å²) in [5.74, 6) is 0.226. The zero-order chi connectivity index (χ0) is 15.8. The average Bonchev–Trinajstić information content (AvgIpc) is 2.43. The lowest BCUT2D eigenvalue weighted by Gasteiger charge is -2.17. The van der Waals surface area contributed by atoms with Crippen molar-refractivity contribution < 1.29 is 4.74 Å². The van der Waals surface area contributed by atoms with Crippen LogP contribution in [0.3, 0.4) is 0 Å². The van der Waals surface area contributed by atoms with Crippen LogP contribution in [0, 0.1) is 5.41 Å². The minimum Gasteiger partial charge on any atom is -0.475 e. The van der Waals surface area contributed by atoms with Gasteiger partial charge in [-0.15, -0.1) is 6.58 Å². The van der Waals surface area contributed by atoms with Crippen LogP contribution in [-0.2, 0) is 4.74 Å². The molecule has 0 aromatic carbocycles. The summed E-state index contributed by atoms with van der Waals surface area (Å²) in [5.41, 5.74) is 5.75. The number of hydrogen-bond donors (Lipinski definition) is 3. The maximum atomic E-state index is 7.83. The minimum absolute atomic E-state index is 0.104. The lowest BCUT2D eigenvalue weighted by Crippen LogP contribution is -2.37. The molecule has 0 amide bonds. The van der Waals surface area contributed by atoms with Crippen molar-refractivity contribution in [2.75, 3.05) is 19.7 Å². The van der Waals surface area contributed by atoms with Crippen LogP contribution in [0.25, 0.3) is 0 Å². The van der Waals surface area contributed by atoms with Gasteiger partial charge >= 0.3 is 0 Å². The van der Waals surface area contributed by atoms with Crippen LogP contribution in [0.1, 0.15) is 20.3 Å². The standard InChI is InChI=1S/C14H22N2O.C2H7N/c1-5-9-12(7-3)11-17-14(15)13(10-6-2)16-8-4;1-2-3/h5-7,9,13,15-16H,1-3,8,10-11H2,4H3;2-3H2,1H3/b12-9+,15-14?;. The van der Waals surface area contributed by atoms with Gasteiger partial charge in [-0.2, -0.15) is 0 Å². The maximum absolute atomic E-state index is 7.83. The summed E-state index contributed by atoms with van der Waals surface area (Å²) in [6, 6.07) is -0.104. The molecule has 0 heterocycles. The largest absolute Gasteiger partial charge is 0.475 e. The highest BCUT2D eigenvalue weighted by Gasteiger charge is 2.13. The van der Waals surface area contributed by atoms with E-state index in [1.54, 1.807) is 18.2 Å². The first kappa shape index (κ1) is 20.7. The summed E-state index contributed by atoms with van der Waals surface area (Å²) in [4.78, 5) is 0. The predicted molar refractivity (Wildman–Crippen MR) is 89.2 cm³/mol. The smallest absolute Gasteiger partial charge is 0.198 e. The van der Waals surface area contributed by atoms with Crippen molar-refractivity contribution >= 4 is 5.90 Å². The van der Waals surface area contributed by atoms with Crippen LogP contribution in [0.15, 0.2) is 49.6 Å². The first-order chi connectivity index (χ1) is 9.60. The maximum Gasteiger partial charge on any atom is 0.198 e. The first-order valence-corrected chi connectivity index (χ1v) is 6.80. The van der Waals surface area contributed by atoms with Crippen molar-refractivity contribution in [3.63, 3.8) is 0 Å². The van der Waals surface area contributed by atoms with Gasteiger partial charge in [0.05, 0.1) is 6.04 Å². The molecule has 0 aliphatic carbocycles. The minimum atomic E-state index is -0.104. The molecule has 1 atom stereocenters. The fourth-order valence-corrected chi connectivity index (χ4v) is 1.28. The Balaban J connectivity index is 0. The molecule has 4 nitrogen and oxygen atoms in total. The molecule has 4 N–H and O–H groups in total. The summed E-state index contributed by atoms with van der Waals surface area (Å²) in [6.45, 7) is 16.7. The van der Waals surface area contributed by atoms with Crippen molar-refractivity contribution in [2.45, 2.75) is 26.3 Å². The van der Waals surface area contributed by atoms with Gasteiger partial charge in [0.25, 0.3) is 0 Å². The fraction of sp³-hybridized carbons (Fsp3) is 0.438. The summed E-state index contributed by atoms with van der Waals surface area (Å²) < 4.78 is 5.40. The van der Waals surface area contributed by atoms with Crippen molar-refractivity contribution in [2.24, 2.45) is 5.73 Å². The van der Waals surface area contributed by atoms with E-state index in [0.29, 0.717) is 13.0 Å². The zero-order valence-corrected chi connectivity index (χ0v) is 12.8. The third-order valence-electron chi connectivity index (χ3n) is 2.16. The Morgan fingerprint density at radius 2 is 1.95 bits per heavy atom. The highest BCUT2D eigenvalue weighted by Crippen LogP contribution is 2.02. The van der Waals surface area contributed by atoms with Crippen molar-refractivity contribution in [3.8, 4) is 0 Å². The Morgan fingerprint density at radius 1 is 1.35 bits per heavy atom. The van der Waals surface area contributed by atoms with Gasteiger partial charge in [0.15, 0.2) is 5.90 Å². The van der Waals surface area contributed by atoms with Crippen LogP contribution in [0.5, 0.6) is 0 Å². The summed E-state index contributed by atoms with van der Waals surface area (Å²) in [7, 11) is 0. The number of ether oxygens (including phenoxy) is 1. The number of rotatable bonds is 9. The number of likely N-dealkylation sites (N-methyl/N-ethyl adjacent to an activating group) is 1. The van der Waals surface area contributed by atoms with E-state index in [1.165, 1.54) is 0 Å². The molecule has 0 rings (SSSR count). The van der Waals surface area contributed by atoms with E-state index in [0.717, 1.165) is 18.7 Å². The summed E-state index contributed by atoms with van der Waals surface area (Å²) in [5, 5.41) is 11.0. The third-order valence-corrected chi connectivity index (χ3v) is 2.16. The zero-order valence-electron chi connectivity index (χ0n) is 12.8. The number of nitrogens with two attached hydrogens (primary N) is 1. The quantitative estimate of drug-likeness (QED) is 0.263. The van der Waals surface area contributed by atoms with E-state index >= 15 is 0 Å². The van der Waals surface area contributed by atoms with E-state index in [1.807, 2.05) is 19.9 Å². The van der Waals surface area contributed by atoms with Gasteiger partial charge in [0, 0.05) is 0 Å². The van der Waals surface area contributed by atoms with Gasteiger partial charge in [0.2, 0.25) is 0 Å². The first-order valence-electron chi connectivity index (χ1n) is 6.80. The molecule has 0 aliphatic heterocycles. The van der Waals surface area contributed by atoms with Crippen molar-refractivity contribution in [1.29, 1.82) is 5.41 Å². The molecule has 0 saturated heterocycles. The molecule has 0 spiro atoms. The Morgan fingerprint density at radius 3 is 2.35 bits per heavy atom. The molecule has 0 saturated carbocycles. The number of nitrogens with one attached hydrogen (secondary N) is 2. The van der Waals surface area contributed by atoms with Crippen molar-refractivity contribution in [1.82, 2.24) is 5.32 Å². The van der Waals surface area contributed by atoms with Gasteiger partial charge in [-0.05, 0) is 25.1 Å². The Hall–Kier alpha value is -1.65. The van der Waals surface area contributed by atoms with Crippen LogP contribution in [0.2, 0.25) is 0 Å². The molecular weight excluding hydrogens is 250 g/mol. The van der Waals surface area contributed by atoms with E-state index in [2.05, 4.69) is 25.1 Å². The van der Waals surface area contributed by atoms with Gasteiger partial charge in [-0.1, -0.05) is 51.3 Å². The lowest BCUT2D eigenvalue weighted by molar-refractivity contribution is 0.314. The molecular formula is C16H29N3O. The lowest BCUT2D eigenvalue weighted by atomic mass is 10.2. The molecule has 1 unspecified atom stereocenters. The molecule has 0 aromatic heterocycles. The van der Waals surface area contributed by atoms with Crippen LogP contribution in [0.4, 0.5) is 0 Å². The normalized spacial score (nSPS) is 11.7. The molecule has 0 aromatic rings. The Labute approximate surface area is 123 Å². The highest BCUT2D eigenvalue weighted by atomic mass is 16.5. The second-order valence-electron chi connectivity index (χ2n) is 3.88. The van der Waals surface area contributed by atoms with Crippen LogP contribution < -0.4 is 11.1 Å². The van der Waals surface area contributed by atoms with Gasteiger partial charge in [0.1, 0.15) is 6.61 Å². The highest BCUT2D eigenvalue weighted by molar-refractivity contribution is 5.79. The third kappa shape index (κ3) is 11.4. The number of hydrogen-bond acceptors (Lipinski definition) is 4. The monoisotopic (exact) mass is 279 g/mol. The van der Waals surface area contributed by atoms with Gasteiger partial charge in [-0.25, -0.2) is 0 Å². The van der Waals surface area contributed by atoms with E-state index in [4.69, 9.17) is 15.9 Å². The van der Waals surface area contributed by atoms with Crippen molar-refractivity contribution in [3.05, 3.63) is 49.6 Å².